The summed E-state index contributed by atoms with van der Waals surface area (Å²) in [5.74, 6) is 0.846. The molecule has 0 atom stereocenters. The van der Waals surface area contributed by atoms with Gasteiger partial charge in [-0.3, -0.25) is 0 Å². The lowest BCUT2D eigenvalue weighted by Gasteiger charge is -2.22. The summed E-state index contributed by atoms with van der Waals surface area (Å²) < 4.78 is 5.82. The number of nitrogens with one attached hydrogen (secondary N) is 1. The van der Waals surface area contributed by atoms with Crippen molar-refractivity contribution in [3.05, 3.63) is 28.8 Å². The Bertz CT molecular complexity index is 402. The van der Waals surface area contributed by atoms with E-state index in [1.165, 1.54) is 0 Å². The molecule has 4 heteroatoms. The van der Waals surface area contributed by atoms with Gasteiger partial charge in [-0.15, -0.1) is 0 Å². The van der Waals surface area contributed by atoms with E-state index in [4.69, 9.17) is 21.4 Å². The molecule has 0 saturated heterocycles. The van der Waals surface area contributed by atoms with E-state index >= 15 is 0 Å². The van der Waals surface area contributed by atoms with Gasteiger partial charge in [0, 0.05) is 29.3 Å². The Morgan fingerprint density at radius 1 is 1.20 bits per heavy atom. The molecule has 3 nitrogen and oxygen atoms in total. The predicted octanol–water partition coefficient (Wildman–Crippen LogP) is 3.77. The Labute approximate surface area is 127 Å². The van der Waals surface area contributed by atoms with Crippen LogP contribution >= 0.6 is 11.6 Å². The molecule has 0 amide bonds. The summed E-state index contributed by atoms with van der Waals surface area (Å²) in [7, 11) is 0. The summed E-state index contributed by atoms with van der Waals surface area (Å²) in [4.78, 5) is 0. The minimum Gasteiger partial charge on any atom is -0.493 e. The van der Waals surface area contributed by atoms with Gasteiger partial charge in [0.05, 0.1) is 6.61 Å². The van der Waals surface area contributed by atoms with Crippen molar-refractivity contribution in [1.29, 1.82) is 0 Å². The minimum absolute atomic E-state index is 0.0393. The molecule has 0 bridgehead atoms. The topological polar surface area (TPSA) is 41.5 Å². The molecule has 0 aromatic heterocycles. The number of hydrogen-bond donors (Lipinski definition) is 2. The smallest absolute Gasteiger partial charge is 0.125 e. The van der Waals surface area contributed by atoms with Crippen molar-refractivity contribution in [2.45, 2.75) is 52.1 Å². The highest BCUT2D eigenvalue weighted by Gasteiger charge is 2.13. The molecular formula is C16H26ClNO2. The summed E-state index contributed by atoms with van der Waals surface area (Å²) in [6.45, 7) is 7.97. The highest BCUT2D eigenvalue weighted by atomic mass is 35.5. The van der Waals surface area contributed by atoms with Gasteiger partial charge in [0.1, 0.15) is 5.75 Å². The number of halogens is 1. The van der Waals surface area contributed by atoms with Gasteiger partial charge < -0.3 is 15.2 Å². The fourth-order valence-electron chi connectivity index (χ4n) is 1.77. The normalized spacial score (nSPS) is 11.7. The molecular weight excluding hydrogens is 274 g/mol. The van der Waals surface area contributed by atoms with Crippen LogP contribution in [-0.4, -0.2) is 23.9 Å². The largest absolute Gasteiger partial charge is 0.493 e. The van der Waals surface area contributed by atoms with Crippen molar-refractivity contribution < 1.29 is 9.84 Å². The Kier molecular flexibility index (Phi) is 7.35. The maximum atomic E-state index is 8.74. The number of aliphatic hydroxyl groups is 1. The van der Waals surface area contributed by atoms with Gasteiger partial charge in [-0.05, 0) is 52.2 Å². The quantitative estimate of drug-likeness (QED) is 0.718. The van der Waals surface area contributed by atoms with Gasteiger partial charge >= 0.3 is 0 Å². The Balaban J connectivity index is 2.58. The van der Waals surface area contributed by atoms with Crippen LogP contribution in [0.5, 0.6) is 5.75 Å². The summed E-state index contributed by atoms with van der Waals surface area (Å²) in [6.07, 6.45) is 2.75. The van der Waals surface area contributed by atoms with Crippen molar-refractivity contribution in [2.75, 3.05) is 13.2 Å². The lowest BCUT2D eigenvalue weighted by molar-refractivity contribution is 0.265. The molecule has 0 unspecified atom stereocenters. The molecule has 0 spiro atoms. The van der Waals surface area contributed by atoms with Gasteiger partial charge in [-0.2, -0.15) is 0 Å². The van der Waals surface area contributed by atoms with Crippen molar-refractivity contribution in [2.24, 2.45) is 0 Å². The SMILES string of the molecule is CC(C)(C)NCc1c(Cl)cccc1OCCCCCO. The highest BCUT2D eigenvalue weighted by molar-refractivity contribution is 6.31. The molecule has 0 radical (unpaired) electrons. The molecule has 1 aromatic rings. The number of aliphatic hydroxyl groups excluding tert-OH is 1. The van der Waals surface area contributed by atoms with E-state index in [1.807, 2.05) is 18.2 Å². The Morgan fingerprint density at radius 2 is 1.95 bits per heavy atom. The molecule has 20 heavy (non-hydrogen) atoms. The number of benzene rings is 1. The number of rotatable bonds is 8. The molecule has 1 rings (SSSR count). The number of hydrogen-bond acceptors (Lipinski definition) is 3. The van der Waals surface area contributed by atoms with Crippen molar-refractivity contribution in [1.82, 2.24) is 5.32 Å². The van der Waals surface area contributed by atoms with E-state index in [1.54, 1.807) is 0 Å². The van der Waals surface area contributed by atoms with E-state index < -0.39 is 0 Å². The fraction of sp³-hybridized carbons (Fsp3) is 0.625. The molecule has 0 saturated carbocycles. The van der Waals surface area contributed by atoms with E-state index in [9.17, 15) is 0 Å². The first-order valence-corrected chi connectivity index (χ1v) is 7.58. The third-order valence-corrected chi connectivity index (χ3v) is 3.29. The van der Waals surface area contributed by atoms with Gasteiger partial charge in [0.25, 0.3) is 0 Å². The molecule has 0 aliphatic heterocycles. The first kappa shape index (κ1) is 17.3. The van der Waals surface area contributed by atoms with E-state index in [-0.39, 0.29) is 12.1 Å². The molecule has 0 heterocycles. The first-order chi connectivity index (χ1) is 9.44. The maximum absolute atomic E-state index is 8.74. The van der Waals surface area contributed by atoms with Crippen LogP contribution in [0, 0.1) is 0 Å². The highest BCUT2D eigenvalue weighted by Crippen LogP contribution is 2.27. The van der Waals surface area contributed by atoms with Crippen LogP contribution < -0.4 is 10.1 Å². The lowest BCUT2D eigenvalue weighted by atomic mass is 10.1. The van der Waals surface area contributed by atoms with Crippen LogP contribution in [0.1, 0.15) is 45.6 Å². The fourth-order valence-corrected chi connectivity index (χ4v) is 2.00. The van der Waals surface area contributed by atoms with Crippen molar-refractivity contribution in [3.63, 3.8) is 0 Å². The van der Waals surface area contributed by atoms with Gasteiger partial charge in [0.2, 0.25) is 0 Å². The Hall–Kier alpha value is -0.770. The average molecular weight is 300 g/mol. The second-order valence-corrected chi connectivity index (χ2v) is 6.36. The molecule has 2 N–H and O–H groups in total. The summed E-state index contributed by atoms with van der Waals surface area (Å²) in [6, 6.07) is 5.75. The second-order valence-electron chi connectivity index (χ2n) is 5.95. The van der Waals surface area contributed by atoms with Crippen LogP contribution in [0.25, 0.3) is 0 Å². The molecule has 1 aromatic carbocycles. The second kappa shape index (κ2) is 8.50. The van der Waals surface area contributed by atoms with E-state index in [0.29, 0.717) is 13.2 Å². The van der Waals surface area contributed by atoms with Crippen LogP contribution in [0.15, 0.2) is 18.2 Å². The van der Waals surface area contributed by atoms with E-state index in [2.05, 4.69) is 26.1 Å². The van der Waals surface area contributed by atoms with Crippen LogP contribution in [0.3, 0.4) is 0 Å². The number of ether oxygens (including phenoxy) is 1. The minimum atomic E-state index is 0.0393. The zero-order chi connectivity index (χ0) is 15.0. The van der Waals surface area contributed by atoms with Crippen molar-refractivity contribution >= 4 is 11.6 Å². The van der Waals surface area contributed by atoms with Gasteiger partial charge in [-0.1, -0.05) is 17.7 Å². The average Bonchev–Trinajstić information content (AvgIpc) is 2.36. The predicted molar refractivity (Wildman–Crippen MR) is 84.5 cm³/mol. The summed E-state index contributed by atoms with van der Waals surface area (Å²) in [5, 5.41) is 12.9. The third-order valence-electron chi connectivity index (χ3n) is 2.93. The van der Waals surface area contributed by atoms with Crippen LogP contribution in [0.2, 0.25) is 5.02 Å². The maximum Gasteiger partial charge on any atom is 0.125 e. The summed E-state index contributed by atoms with van der Waals surface area (Å²) in [5.41, 5.74) is 1.05. The molecule has 0 fully saturated rings. The zero-order valence-electron chi connectivity index (χ0n) is 12.7. The van der Waals surface area contributed by atoms with Gasteiger partial charge in [0.15, 0.2) is 0 Å². The molecule has 0 aliphatic rings. The lowest BCUT2D eigenvalue weighted by Crippen LogP contribution is -2.35. The van der Waals surface area contributed by atoms with Crippen LogP contribution in [-0.2, 0) is 6.54 Å². The zero-order valence-corrected chi connectivity index (χ0v) is 13.5. The molecule has 114 valence electrons. The van der Waals surface area contributed by atoms with Gasteiger partial charge in [-0.25, -0.2) is 0 Å². The summed E-state index contributed by atoms with van der Waals surface area (Å²) >= 11 is 6.27. The monoisotopic (exact) mass is 299 g/mol. The third kappa shape index (κ3) is 6.60. The van der Waals surface area contributed by atoms with Crippen molar-refractivity contribution in [3.8, 4) is 5.75 Å². The first-order valence-electron chi connectivity index (χ1n) is 7.20. The van der Waals surface area contributed by atoms with E-state index in [0.717, 1.165) is 35.6 Å². The Morgan fingerprint density at radius 3 is 2.60 bits per heavy atom. The molecule has 0 aliphatic carbocycles. The van der Waals surface area contributed by atoms with Crippen LogP contribution in [0.4, 0.5) is 0 Å². The standard InChI is InChI=1S/C16H26ClNO2/c1-16(2,3)18-12-13-14(17)8-7-9-15(13)20-11-6-4-5-10-19/h7-9,18-19H,4-6,10-12H2,1-3H3. The number of unbranched alkanes of at least 4 members (excludes halogenated alkanes) is 2.